The Labute approximate surface area is 49.7 Å². The lowest BCUT2D eigenvalue weighted by molar-refractivity contribution is 0.652. The SMILES string of the molecule is CC1(C)SC1(C)C. The topological polar surface area (TPSA) is 0 Å². The molecule has 1 rings (SSSR count). The summed E-state index contributed by atoms with van der Waals surface area (Å²) in [5.41, 5.74) is 0. The highest BCUT2D eigenvalue weighted by Crippen LogP contribution is 2.62. The van der Waals surface area contributed by atoms with Gasteiger partial charge in [0.2, 0.25) is 0 Å². The van der Waals surface area contributed by atoms with Gasteiger partial charge in [0.15, 0.2) is 0 Å². The van der Waals surface area contributed by atoms with Crippen molar-refractivity contribution >= 4 is 11.8 Å². The van der Waals surface area contributed by atoms with Crippen LogP contribution < -0.4 is 0 Å². The van der Waals surface area contributed by atoms with Crippen LogP contribution in [0, 0.1) is 0 Å². The molecule has 1 fully saturated rings. The van der Waals surface area contributed by atoms with E-state index < -0.39 is 0 Å². The lowest BCUT2D eigenvalue weighted by Crippen LogP contribution is -2.10. The summed E-state index contributed by atoms with van der Waals surface area (Å²) in [5.74, 6) is 0. The lowest BCUT2D eigenvalue weighted by Gasteiger charge is -2.00. The molecule has 0 bridgehead atoms. The third-order valence-electron chi connectivity index (χ3n) is 1.92. The Morgan fingerprint density at radius 2 is 1.00 bits per heavy atom. The summed E-state index contributed by atoms with van der Waals surface area (Å²) in [6, 6.07) is 0. The fourth-order valence-corrected chi connectivity index (χ4v) is 1.84. The quantitative estimate of drug-likeness (QED) is 0.437. The molecule has 0 N–H and O–H groups in total. The maximum absolute atomic E-state index is 2.29. The van der Waals surface area contributed by atoms with Crippen LogP contribution in [0.2, 0.25) is 0 Å². The number of thioether (sulfide) groups is 1. The van der Waals surface area contributed by atoms with Gasteiger partial charge in [-0.1, -0.05) is 0 Å². The molecule has 42 valence electrons. The van der Waals surface area contributed by atoms with Gasteiger partial charge in [0, 0.05) is 9.49 Å². The Morgan fingerprint density at radius 1 is 0.857 bits per heavy atom. The Balaban J connectivity index is 2.59. The summed E-state index contributed by atoms with van der Waals surface area (Å²) in [6.07, 6.45) is 0. The maximum atomic E-state index is 2.29. The molecule has 0 nitrogen and oxygen atoms in total. The number of hydrogen-bond donors (Lipinski definition) is 0. The van der Waals surface area contributed by atoms with Crippen molar-refractivity contribution in [3.05, 3.63) is 0 Å². The monoisotopic (exact) mass is 116 g/mol. The summed E-state index contributed by atoms with van der Waals surface area (Å²) < 4.78 is 1.12. The van der Waals surface area contributed by atoms with Crippen LogP contribution in [0.3, 0.4) is 0 Å². The van der Waals surface area contributed by atoms with E-state index in [2.05, 4.69) is 39.5 Å². The predicted octanol–water partition coefficient (Wildman–Crippen LogP) is 2.29. The Bertz CT molecular complexity index is 80.4. The van der Waals surface area contributed by atoms with Gasteiger partial charge in [0.25, 0.3) is 0 Å². The molecule has 0 aliphatic carbocycles. The van der Waals surface area contributed by atoms with E-state index in [0.29, 0.717) is 9.49 Å². The smallest absolute Gasteiger partial charge is 0.0251 e. The highest BCUT2D eigenvalue weighted by Gasteiger charge is 2.54. The molecule has 0 spiro atoms. The van der Waals surface area contributed by atoms with Gasteiger partial charge >= 0.3 is 0 Å². The van der Waals surface area contributed by atoms with Crippen LogP contribution in [0.5, 0.6) is 0 Å². The van der Waals surface area contributed by atoms with Crippen molar-refractivity contribution in [2.24, 2.45) is 0 Å². The molecular formula is C6H12S. The van der Waals surface area contributed by atoms with Crippen molar-refractivity contribution in [1.29, 1.82) is 0 Å². The zero-order valence-electron chi connectivity index (χ0n) is 5.41. The third-order valence-corrected chi connectivity index (χ3v) is 3.76. The van der Waals surface area contributed by atoms with Crippen molar-refractivity contribution < 1.29 is 0 Å². The molecule has 0 aromatic heterocycles. The van der Waals surface area contributed by atoms with Crippen molar-refractivity contribution in [3.63, 3.8) is 0 Å². The molecule has 0 atom stereocenters. The summed E-state index contributed by atoms with van der Waals surface area (Å²) in [5, 5.41) is 0. The van der Waals surface area contributed by atoms with Gasteiger partial charge in [-0.2, -0.15) is 0 Å². The molecule has 1 heterocycles. The van der Waals surface area contributed by atoms with Gasteiger partial charge in [-0.05, 0) is 27.7 Å². The fraction of sp³-hybridized carbons (Fsp3) is 1.00. The van der Waals surface area contributed by atoms with Crippen molar-refractivity contribution in [3.8, 4) is 0 Å². The molecular weight excluding hydrogens is 104 g/mol. The van der Waals surface area contributed by atoms with Gasteiger partial charge in [-0.3, -0.25) is 0 Å². The standard InChI is InChI=1S/C6H12S/c1-5(2)6(3,4)7-5/h1-4H3. The molecule has 1 aliphatic rings. The van der Waals surface area contributed by atoms with E-state index in [1.54, 1.807) is 0 Å². The predicted molar refractivity (Wildman–Crippen MR) is 35.7 cm³/mol. The van der Waals surface area contributed by atoms with Gasteiger partial charge in [0.05, 0.1) is 0 Å². The number of rotatable bonds is 0. The maximum Gasteiger partial charge on any atom is 0.0251 e. The van der Waals surface area contributed by atoms with Gasteiger partial charge in [0.1, 0.15) is 0 Å². The van der Waals surface area contributed by atoms with Gasteiger partial charge in [-0.15, -0.1) is 11.8 Å². The largest absolute Gasteiger partial charge is 0.147 e. The second kappa shape index (κ2) is 1.02. The van der Waals surface area contributed by atoms with Gasteiger partial charge in [-0.25, -0.2) is 0 Å². The minimum absolute atomic E-state index is 0.562. The second-order valence-corrected chi connectivity index (χ2v) is 5.37. The van der Waals surface area contributed by atoms with Crippen molar-refractivity contribution in [2.45, 2.75) is 37.2 Å². The lowest BCUT2D eigenvalue weighted by atomic mass is 10.0. The first-order valence-corrected chi connectivity index (χ1v) is 3.47. The number of hydrogen-bond acceptors (Lipinski definition) is 1. The van der Waals surface area contributed by atoms with Crippen LogP contribution in [0.1, 0.15) is 27.7 Å². The zero-order valence-corrected chi connectivity index (χ0v) is 6.22. The highest BCUT2D eigenvalue weighted by atomic mass is 32.2. The van der Waals surface area contributed by atoms with Crippen molar-refractivity contribution in [2.75, 3.05) is 0 Å². The molecule has 0 aromatic carbocycles. The average molecular weight is 116 g/mol. The molecule has 0 amide bonds. The van der Waals surface area contributed by atoms with Gasteiger partial charge < -0.3 is 0 Å². The summed E-state index contributed by atoms with van der Waals surface area (Å²) >= 11 is 2.05. The van der Waals surface area contributed by atoms with E-state index in [9.17, 15) is 0 Å². The molecule has 1 aliphatic heterocycles. The van der Waals surface area contributed by atoms with Crippen LogP contribution in [-0.4, -0.2) is 9.49 Å². The molecule has 7 heavy (non-hydrogen) atoms. The van der Waals surface area contributed by atoms with E-state index in [1.165, 1.54) is 0 Å². The first-order valence-electron chi connectivity index (χ1n) is 2.66. The second-order valence-electron chi connectivity index (χ2n) is 3.12. The first kappa shape index (κ1) is 5.49. The summed E-state index contributed by atoms with van der Waals surface area (Å²) in [7, 11) is 0. The van der Waals surface area contributed by atoms with Crippen molar-refractivity contribution in [1.82, 2.24) is 0 Å². The Hall–Kier alpha value is 0.350. The minimum atomic E-state index is 0.562. The summed E-state index contributed by atoms with van der Waals surface area (Å²) in [4.78, 5) is 0. The molecule has 0 aromatic rings. The van der Waals surface area contributed by atoms with E-state index in [1.807, 2.05) is 0 Å². The average Bonchev–Trinajstić information content (AvgIpc) is 1.63. The fourth-order valence-electron chi connectivity index (χ4n) is 0.612. The van der Waals surface area contributed by atoms with E-state index >= 15 is 0 Å². The molecule has 0 unspecified atom stereocenters. The van der Waals surface area contributed by atoms with Crippen LogP contribution in [-0.2, 0) is 0 Å². The van der Waals surface area contributed by atoms with Crippen LogP contribution in [0.15, 0.2) is 0 Å². The Kier molecular flexibility index (Phi) is 0.799. The molecule has 1 heteroatoms. The van der Waals surface area contributed by atoms with E-state index in [-0.39, 0.29) is 0 Å². The summed E-state index contributed by atoms with van der Waals surface area (Å²) in [6.45, 7) is 9.16. The van der Waals surface area contributed by atoms with Crippen LogP contribution >= 0.6 is 11.8 Å². The van der Waals surface area contributed by atoms with Crippen LogP contribution in [0.4, 0.5) is 0 Å². The minimum Gasteiger partial charge on any atom is -0.147 e. The normalized spacial score (nSPS) is 32.6. The molecule has 0 saturated carbocycles. The first-order chi connectivity index (χ1) is 2.96. The van der Waals surface area contributed by atoms with E-state index in [0.717, 1.165) is 0 Å². The Morgan fingerprint density at radius 3 is 1.00 bits per heavy atom. The zero-order chi connectivity index (χ0) is 5.71. The third kappa shape index (κ3) is 0.674. The highest BCUT2D eigenvalue weighted by molar-refractivity contribution is 8.09. The molecule has 1 saturated heterocycles. The molecule has 0 radical (unpaired) electrons. The van der Waals surface area contributed by atoms with Crippen LogP contribution in [0.25, 0.3) is 0 Å². The van der Waals surface area contributed by atoms with E-state index in [4.69, 9.17) is 0 Å².